The van der Waals surface area contributed by atoms with E-state index in [1.54, 1.807) is 0 Å². The summed E-state index contributed by atoms with van der Waals surface area (Å²) in [5.41, 5.74) is 0. The Morgan fingerprint density at radius 2 is 1.89 bits per heavy atom. The molecule has 0 aromatic heterocycles. The normalized spacial score (nSPS) is 27.8. The maximum absolute atomic E-state index is 12.0. The standard InChI is InChI=1S/C14H30N2O2S/c1-4-13-8-9-14(12(13)3)16-19(17,18)11-7-6-10-15-5-2/h12-16H,4-11H2,1-3H3. The molecule has 5 heteroatoms. The van der Waals surface area contributed by atoms with Crippen LogP contribution < -0.4 is 10.0 Å². The summed E-state index contributed by atoms with van der Waals surface area (Å²) in [6.07, 6.45) is 4.97. The molecule has 3 atom stereocenters. The molecule has 1 saturated carbocycles. The Kier molecular flexibility index (Phi) is 7.32. The van der Waals surface area contributed by atoms with Crippen molar-refractivity contribution in [3.05, 3.63) is 0 Å². The Morgan fingerprint density at radius 1 is 1.16 bits per heavy atom. The van der Waals surface area contributed by atoms with Crippen molar-refractivity contribution in [1.82, 2.24) is 10.0 Å². The highest BCUT2D eigenvalue weighted by atomic mass is 32.2. The second-order valence-electron chi connectivity index (χ2n) is 5.71. The molecule has 4 nitrogen and oxygen atoms in total. The number of rotatable bonds is 9. The molecule has 1 aliphatic rings. The predicted octanol–water partition coefficient (Wildman–Crippen LogP) is 2.12. The molecule has 3 unspecified atom stereocenters. The second-order valence-corrected chi connectivity index (χ2v) is 7.58. The Balaban J connectivity index is 2.30. The minimum Gasteiger partial charge on any atom is -0.317 e. The van der Waals surface area contributed by atoms with Crippen LogP contribution in [0.2, 0.25) is 0 Å². The zero-order valence-corrected chi connectivity index (χ0v) is 13.4. The third-order valence-electron chi connectivity index (χ3n) is 4.35. The molecule has 0 spiro atoms. The molecule has 1 rings (SSSR count). The Bertz CT molecular complexity index is 343. The number of nitrogens with one attached hydrogen (secondary N) is 2. The van der Waals surface area contributed by atoms with Gasteiger partial charge in [-0.15, -0.1) is 0 Å². The van der Waals surface area contributed by atoms with Crippen LogP contribution in [0.25, 0.3) is 0 Å². The van der Waals surface area contributed by atoms with Crippen molar-refractivity contribution in [3.8, 4) is 0 Å². The van der Waals surface area contributed by atoms with Crippen LogP contribution >= 0.6 is 0 Å². The average Bonchev–Trinajstić information content (AvgIpc) is 2.69. The van der Waals surface area contributed by atoms with Crippen LogP contribution in [0.15, 0.2) is 0 Å². The van der Waals surface area contributed by atoms with Crippen molar-refractivity contribution in [3.63, 3.8) is 0 Å². The average molecular weight is 290 g/mol. The van der Waals surface area contributed by atoms with Crippen LogP contribution in [0.4, 0.5) is 0 Å². The van der Waals surface area contributed by atoms with Crippen LogP contribution in [0.3, 0.4) is 0 Å². The minimum atomic E-state index is -3.09. The quantitative estimate of drug-likeness (QED) is 0.640. The minimum absolute atomic E-state index is 0.156. The Morgan fingerprint density at radius 3 is 2.47 bits per heavy atom. The first kappa shape index (κ1) is 16.9. The van der Waals surface area contributed by atoms with Gasteiger partial charge < -0.3 is 5.32 Å². The number of unbranched alkanes of at least 4 members (excludes halogenated alkanes) is 1. The van der Waals surface area contributed by atoms with Crippen LogP contribution in [-0.2, 0) is 10.0 Å². The summed E-state index contributed by atoms with van der Waals surface area (Å²) in [5, 5.41) is 3.21. The van der Waals surface area contributed by atoms with Gasteiger partial charge in [0.2, 0.25) is 10.0 Å². The van der Waals surface area contributed by atoms with Gasteiger partial charge in [-0.3, -0.25) is 0 Å². The summed E-state index contributed by atoms with van der Waals surface area (Å²) in [6, 6.07) is 0.156. The summed E-state index contributed by atoms with van der Waals surface area (Å²) in [4.78, 5) is 0. The van der Waals surface area contributed by atoms with E-state index in [0.717, 1.165) is 45.2 Å². The lowest BCUT2D eigenvalue weighted by Crippen LogP contribution is -2.38. The van der Waals surface area contributed by atoms with Gasteiger partial charge in [0.05, 0.1) is 5.75 Å². The molecule has 0 aromatic rings. The molecular formula is C14H30N2O2S. The van der Waals surface area contributed by atoms with Crippen molar-refractivity contribution in [2.45, 2.75) is 58.9 Å². The molecule has 19 heavy (non-hydrogen) atoms. The Hall–Kier alpha value is -0.130. The fraction of sp³-hybridized carbons (Fsp3) is 1.00. The highest BCUT2D eigenvalue weighted by Gasteiger charge is 2.33. The molecule has 1 aliphatic carbocycles. The topological polar surface area (TPSA) is 58.2 Å². The van der Waals surface area contributed by atoms with E-state index < -0.39 is 10.0 Å². The SMILES string of the molecule is CCNCCCCS(=O)(=O)NC1CCC(CC)C1C. The molecule has 0 aromatic carbocycles. The Labute approximate surface area is 118 Å². The zero-order valence-electron chi connectivity index (χ0n) is 12.6. The largest absolute Gasteiger partial charge is 0.317 e. The van der Waals surface area contributed by atoms with Gasteiger partial charge in [-0.05, 0) is 50.6 Å². The molecule has 1 fully saturated rings. The monoisotopic (exact) mass is 290 g/mol. The second kappa shape index (κ2) is 8.22. The smallest absolute Gasteiger partial charge is 0.211 e. The predicted molar refractivity (Wildman–Crippen MR) is 80.7 cm³/mol. The first-order chi connectivity index (χ1) is 9.00. The van der Waals surface area contributed by atoms with E-state index >= 15 is 0 Å². The fourth-order valence-electron chi connectivity index (χ4n) is 3.00. The molecule has 0 heterocycles. The molecule has 0 saturated heterocycles. The van der Waals surface area contributed by atoms with Crippen molar-refractivity contribution in [2.75, 3.05) is 18.8 Å². The number of hydrogen-bond donors (Lipinski definition) is 2. The summed E-state index contributed by atoms with van der Waals surface area (Å²) < 4.78 is 27.0. The van der Waals surface area contributed by atoms with Gasteiger partial charge in [-0.2, -0.15) is 0 Å². The van der Waals surface area contributed by atoms with E-state index in [9.17, 15) is 8.42 Å². The van der Waals surface area contributed by atoms with Gasteiger partial charge in [0.1, 0.15) is 0 Å². The summed E-state index contributed by atoms with van der Waals surface area (Å²) in [5.74, 6) is 1.42. The lowest BCUT2D eigenvalue weighted by molar-refractivity contribution is 0.368. The summed E-state index contributed by atoms with van der Waals surface area (Å²) in [6.45, 7) is 8.29. The van der Waals surface area contributed by atoms with Crippen LogP contribution in [0, 0.1) is 11.8 Å². The van der Waals surface area contributed by atoms with E-state index in [0.29, 0.717) is 11.8 Å². The van der Waals surface area contributed by atoms with Crippen molar-refractivity contribution < 1.29 is 8.42 Å². The van der Waals surface area contributed by atoms with E-state index in [1.165, 1.54) is 0 Å². The molecule has 114 valence electrons. The van der Waals surface area contributed by atoms with Gasteiger partial charge >= 0.3 is 0 Å². The highest BCUT2D eigenvalue weighted by Crippen LogP contribution is 2.34. The van der Waals surface area contributed by atoms with Gasteiger partial charge in [-0.25, -0.2) is 13.1 Å². The van der Waals surface area contributed by atoms with Crippen LogP contribution in [0.1, 0.15) is 52.9 Å². The molecular weight excluding hydrogens is 260 g/mol. The van der Waals surface area contributed by atoms with Crippen molar-refractivity contribution >= 4 is 10.0 Å². The summed E-state index contributed by atoms with van der Waals surface area (Å²) >= 11 is 0. The van der Waals surface area contributed by atoms with E-state index in [4.69, 9.17) is 0 Å². The maximum Gasteiger partial charge on any atom is 0.211 e. The molecule has 0 bridgehead atoms. The third-order valence-corrected chi connectivity index (χ3v) is 5.84. The maximum atomic E-state index is 12.0. The van der Waals surface area contributed by atoms with Gasteiger partial charge in [0, 0.05) is 6.04 Å². The van der Waals surface area contributed by atoms with Crippen LogP contribution in [-0.4, -0.2) is 33.3 Å². The first-order valence-electron chi connectivity index (χ1n) is 7.70. The lowest BCUT2D eigenvalue weighted by Gasteiger charge is -2.20. The van der Waals surface area contributed by atoms with Crippen molar-refractivity contribution in [1.29, 1.82) is 0 Å². The fourth-order valence-corrected chi connectivity index (χ4v) is 4.49. The van der Waals surface area contributed by atoms with E-state index in [1.807, 2.05) is 0 Å². The number of sulfonamides is 1. The highest BCUT2D eigenvalue weighted by molar-refractivity contribution is 7.89. The summed E-state index contributed by atoms with van der Waals surface area (Å²) in [7, 11) is -3.09. The van der Waals surface area contributed by atoms with Gasteiger partial charge in [0.25, 0.3) is 0 Å². The molecule has 0 radical (unpaired) electrons. The first-order valence-corrected chi connectivity index (χ1v) is 9.36. The number of hydrogen-bond acceptors (Lipinski definition) is 3. The molecule has 0 amide bonds. The lowest BCUT2D eigenvalue weighted by atomic mass is 9.94. The van der Waals surface area contributed by atoms with Gasteiger partial charge in [-0.1, -0.05) is 27.2 Å². The van der Waals surface area contributed by atoms with E-state index in [-0.39, 0.29) is 11.8 Å². The van der Waals surface area contributed by atoms with Crippen LogP contribution in [0.5, 0.6) is 0 Å². The van der Waals surface area contributed by atoms with E-state index in [2.05, 4.69) is 30.8 Å². The third kappa shape index (κ3) is 5.79. The molecule has 2 N–H and O–H groups in total. The van der Waals surface area contributed by atoms with Gasteiger partial charge in [0.15, 0.2) is 0 Å². The molecule has 0 aliphatic heterocycles. The zero-order chi connectivity index (χ0) is 14.3. The van der Waals surface area contributed by atoms with Crippen molar-refractivity contribution in [2.24, 2.45) is 11.8 Å².